The van der Waals surface area contributed by atoms with Crippen LogP contribution >= 0.6 is 0 Å². The molecule has 0 spiro atoms. The summed E-state index contributed by atoms with van der Waals surface area (Å²) >= 11 is 0. The van der Waals surface area contributed by atoms with Crippen LogP contribution in [-0.4, -0.2) is 46.3 Å². The summed E-state index contributed by atoms with van der Waals surface area (Å²) in [6.07, 6.45) is 0.0291. The summed E-state index contributed by atoms with van der Waals surface area (Å²) in [5.74, 6) is -2.64. The van der Waals surface area contributed by atoms with E-state index in [0.717, 1.165) is 7.11 Å². The largest absolute Gasteiger partial charge is 0.480 e. The van der Waals surface area contributed by atoms with E-state index in [1.54, 1.807) is 13.8 Å². The molecule has 0 aromatic carbocycles. The third-order valence-electron chi connectivity index (χ3n) is 2.77. The summed E-state index contributed by atoms with van der Waals surface area (Å²) in [5, 5.41) is 19.1. The summed E-state index contributed by atoms with van der Waals surface area (Å²) in [5.41, 5.74) is 1.25. The molecular weight excluding hydrogens is 278 g/mol. The first-order chi connectivity index (χ1) is 9.88. The van der Waals surface area contributed by atoms with E-state index in [1.807, 2.05) is 0 Å². The van der Waals surface area contributed by atoms with Crippen LogP contribution in [0.15, 0.2) is 6.07 Å². The minimum absolute atomic E-state index is 0.251. The van der Waals surface area contributed by atoms with Crippen LogP contribution in [-0.2, 0) is 20.7 Å². The van der Waals surface area contributed by atoms with Gasteiger partial charge < -0.3 is 15.2 Å². The van der Waals surface area contributed by atoms with E-state index in [1.165, 1.54) is 6.07 Å². The maximum Gasteiger partial charge on any atom is 0.326 e. The number of ether oxygens (including phenoxy) is 1. The highest BCUT2D eigenvalue weighted by Gasteiger charge is 2.25. The van der Waals surface area contributed by atoms with Gasteiger partial charge in [-0.1, -0.05) is 6.92 Å². The van der Waals surface area contributed by atoms with Crippen molar-refractivity contribution in [1.29, 1.82) is 0 Å². The average molecular weight is 295 g/mol. The van der Waals surface area contributed by atoms with Crippen LogP contribution in [0.4, 0.5) is 0 Å². The van der Waals surface area contributed by atoms with E-state index in [4.69, 9.17) is 5.11 Å². The highest BCUT2D eigenvalue weighted by Crippen LogP contribution is 2.08. The molecule has 1 amide bonds. The van der Waals surface area contributed by atoms with E-state index in [0.29, 0.717) is 17.8 Å². The lowest BCUT2D eigenvalue weighted by Gasteiger charge is -2.14. The number of carbonyl (C=O) groups is 3. The Morgan fingerprint density at radius 3 is 2.57 bits per heavy atom. The van der Waals surface area contributed by atoms with Crippen molar-refractivity contribution in [2.24, 2.45) is 0 Å². The van der Waals surface area contributed by atoms with Gasteiger partial charge in [0.1, 0.15) is 6.04 Å². The number of carbonyl (C=O) groups excluding carboxylic acids is 2. The summed E-state index contributed by atoms with van der Waals surface area (Å²) in [6, 6.07) is 0.168. The normalized spacial score (nSPS) is 11.6. The second-order valence-corrected chi connectivity index (χ2v) is 4.34. The Labute approximate surface area is 121 Å². The van der Waals surface area contributed by atoms with Gasteiger partial charge in [-0.25, -0.2) is 4.79 Å². The first-order valence-corrected chi connectivity index (χ1v) is 6.32. The number of esters is 1. The van der Waals surface area contributed by atoms with Crippen molar-refractivity contribution in [3.63, 3.8) is 0 Å². The lowest BCUT2D eigenvalue weighted by molar-refractivity contribution is -0.147. The van der Waals surface area contributed by atoms with Gasteiger partial charge in [-0.3, -0.25) is 9.59 Å². The molecule has 0 bridgehead atoms. The molecule has 21 heavy (non-hydrogen) atoms. The van der Waals surface area contributed by atoms with Gasteiger partial charge in [0, 0.05) is 0 Å². The molecule has 0 unspecified atom stereocenters. The average Bonchev–Trinajstić information content (AvgIpc) is 2.45. The molecule has 0 aliphatic carbocycles. The van der Waals surface area contributed by atoms with E-state index >= 15 is 0 Å². The molecule has 0 saturated carbocycles. The first kappa shape index (κ1) is 16.5. The third kappa shape index (κ3) is 4.51. The Morgan fingerprint density at radius 2 is 2.05 bits per heavy atom. The Balaban J connectivity index is 2.94. The zero-order chi connectivity index (χ0) is 16.0. The summed E-state index contributed by atoms with van der Waals surface area (Å²) in [4.78, 5) is 34.4. The van der Waals surface area contributed by atoms with Crippen LogP contribution in [0, 0.1) is 6.92 Å². The fourth-order valence-electron chi connectivity index (χ4n) is 1.66. The predicted molar refractivity (Wildman–Crippen MR) is 71.7 cm³/mol. The number of methoxy groups -OCH3 is 1. The molecule has 2 N–H and O–H groups in total. The number of hydrogen-bond acceptors (Lipinski definition) is 6. The van der Waals surface area contributed by atoms with Crippen molar-refractivity contribution in [2.75, 3.05) is 7.11 Å². The van der Waals surface area contributed by atoms with Crippen LogP contribution in [0.3, 0.4) is 0 Å². The number of carboxylic acids is 1. The molecular formula is C13H17N3O5. The van der Waals surface area contributed by atoms with Gasteiger partial charge in [-0.15, -0.1) is 0 Å². The fourth-order valence-corrected chi connectivity index (χ4v) is 1.66. The van der Waals surface area contributed by atoms with E-state index in [9.17, 15) is 14.4 Å². The van der Waals surface area contributed by atoms with E-state index < -0.39 is 30.3 Å². The number of hydrogen-bond donors (Lipinski definition) is 2. The molecule has 0 radical (unpaired) electrons. The highest BCUT2D eigenvalue weighted by atomic mass is 16.5. The molecule has 1 heterocycles. The molecule has 8 heteroatoms. The van der Waals surface area contributed by atoms with Crippen LogP contribution in [0.25, 0.3) is 0 Å². The summed E-state index contributed by atoms with van der Waals surface area (Å²) in [7, 11) is 1.15. The smallest absolute Gasteiger partial charge is 0.326 e. The number of carboxylic acid groups (broad SMARTS) is 1. The van der Waals surface area contributed by atoms with Crippen LogP contribution in [0.5, 0.6) is 0 Å². The zero-order valence-electron chi connectivity index (χ0n) is 12.0. The molecule has 0 saturated heterocycles. The van der Waals surface area contributed by atoms with Crippen molar-refractivity contribution in [3.05, 3.63) is 23.0 Å². The molecule has 0 aliphatic heterocycles. The summed E-state index contributed by atoms with van der Waals surface area (Å²) in [6.45, 7) is 3.48. The second kappa shape index (κ2) is 7.32. The Bertz CT molecular complexity index is 559. The van der Waals surface area contributed by atoms with E-state index in [-0.39, 0.29) is 5.56 Å². The Hall–Kier alpha value is -2.51. The number of aryl methyl sites for hydroxylation is 2. The Morgan fingerprint density at radius 1 is 1.38 bits per heavy atom. The number of nitrogens with one attached hydrogen (secondary N) is 1. The number of amides is 1. The Kier molecular flexibility index (Phi) is 5.77. The maximum atomic E-state index is 12.2. The van der Waals surface area contributed by atoms with Gasteiger partial charge in [-0.05, 0) is 19.4 Å². The lowest BCUT2D eigenvalue weighted by atomic mass is 10.1. The molecule has 0 fully saturated rings. The van der Waals surface area contributed by atoms with Gasteiger partial charge in [0.05, 0.1) is 30.5 Å². The quantitative estimate of drug-likeness (QED) is 0.714. The SMILES string of the molecule is CCc1nnc(C)cc1C(=O)N[C@@H](CC(=O)OC)C(=O)O. The van der Waals surface area contributed by atoms with Crippen LogP contribution in [0.1, 0.15) is 35.1 Å². The highest BCUT2D eigenvalue weighted by molar-refractivity contribution is 5.98. The molecule has 1 atom stereocenters. The summed E-state index contributed by atoms with van der Waals surface area (Å²) < 4.78 is 4.41. The van der Waals surface area contributed by atoms with Gasteiger partial charge in [0.2, 0.25) is 0 Å². The number of nitrogens with zero attached hydrogens (tertiary/aromatic N) is 2. The number of rotatable bonds is 6. The van der Waals surface area contributed by atoms with Crippen molar-refractivity contribution in [2.45, 2.75) is 32.7 Å². The molecule has 0 aliphatic rings. The van der Waals surface area contributed by atoms with Gasteiger partial charge in [0.15, 0.2) is 0 Å². The minimum Gasteiger partial charge on any atom is -0.480 e. The molecule has 114 valence electrons. The lowest BCUT2D eigenvalue weighted by Crippen LogP contribution is -2.42. The van der Waals surface area contributed by atoms with Crippen LogP contribution < -0.4 is 5.32 Å². The topological polar surface area (TPSA) is 118 Å². The molecule has 8 nitrogen and oxygen atoms in total. The van der Waals surface area contributed by atoms with Gasteiger partial charge >= 0.3 is 11.9 Å². The number of aromatic nitrogens is 2. The van der Waals surface area contributed by atoms with Gasteiger partial charge in [-0.2, -0.15) is 10.2 Å². The minimum atomic E-state index is -1.36. The molecule has 1 rings (SSSR count). The molecule has 1 aromatic heterocycles. The van der Waals surface area contributed by atoms with Crippen molar-refractivity contribution < 1.29 is 24.2 Å². The van der Waals surface area contributed by atoms with Gasteiger partial charge in [0.25, 0.3) is 5.91 Å². The van der Waals surface area contributed by atoms with Crippen molar-refractivity contribution >= 4 is 17.8 Å². The van der Waals surface area contributed by atoms with E-state index in [2.05, 4.69) is 20.3 Å². The predicted octanol–water partition coefficient (Wildman–Crippen LogP) is 0.0935. The number of aliphatic carboxylic acids is 1. The fraction of sp³-hybridized carbons (Fsp3) is 0.462. The monoisotopic (exact) mass is 295 g/mol. The third-order valence-corrected chi connectivity index (χ3v) is 2.77. The van der Waals surface area contributed by atoms with Crippen LogP contribution in [0.2, 0.25) is 0 Å². The second-order valence-electron chi connectivity index (χ2n) is 4.34. The first-order valence-electron chi connectivity index (χ1n) is 6.32. The van der Waals surface area contributed by atoms with Crippen molar-refractivity contribution in [1.82, 2.24) is 15.5 Å². The van der Waals surface area contributed by atoms with Crippen molar-refractivity contribution in [3.8, 4) is 0 Å². The maximum absolute atomic E-state index is 12.2. The zero-order valence-corrected chi connectivity index (χ0v) is 12.0. The standard InChI is InChI=1S/C13H17N3O5/c1-4-9-8(5-7(2)15-16-9)12(18)14-10(13(19)20)6-11(17)21-3/h5,10H,4,6H2,1-3H3,(H,14,18)(H,19,20)/t10-/m0/s1. The molecule has 1 aromatic rings.